The molecule has 0 radical (unpaired) electrons. The first-order valence-electron chi connectivity index (χ1n) is 6.90. The van der Waals surface area contributed by atoms with E-state index in [0.717, 1.165) is 19.4 Å². The number of likely N-dealkylation sites (tertiary alicyclic amines) is 1. The molecule has 1 unspecified atom stereocenters. The molecule has 1 aromatic rings. The van der Waals surface area contributed by atoms with E-state index >= 15 is 0 Å². The van der Waals surface area contributed by atoms with Gasteiger partial charge in [0.25, 0.3) is 11.6 Å². The molecule has 2 rings (SSSR count). The summed E-state index contributed by atoms with van der Waals surface area (Å²) in [6.07, 6.45) is 2.18. The molecule has 7 heteroatoms. The van der Waals surface area contributed by atoms with Gasteiger partial charge in [0.1, 0.15) is 5.69 Å². The summed E-state index contributed by atoms with van der Waals surface area (Å²) in [5.74, 6) is -0.281. The lowest BCUT2D eigenvalue weighted by Crippen LogP contribution is -2.39. The van der Waals surface area contributed by atoms with E-state index in [1.165, 1.54) is 18.2 Å². The number of rotatable bonds is 4. The normalized spacial score (nSPS) is 18.7. The van der Waals surface area contributed by atoms with E-state index in [4.69, 9.17) is 5.73 Å². The molecule has 0 aliphatic carbocycles. The first kappa shape index (κ1) is 15.2. The highest BCUT2D eigenvalue weighted by Crippen LogP contribution is 2.26. The lowest BCUT2D eigenvalue weighted by Gasteiger charge is -2.26. The second kappa shape index (κ2) is 6.09. The number of nitrogens with two attached hydrogens (primary N) is 1. The van der Waals surface area contributed by atoms with Gasteiger partial charge in [0.05, 0.1) is 10.5 Å². The van der Waals surface area contributed by atoms with Crippen LogP contribution in [-0.4, -0.2) is 53.9 Å². The minimum atomic E-state index is -0.573. The van der Waals surface area contributed by atoms with Gasteiger partial charge in [-0.05, 0) is 32.5 Å². The van der Waals surface area contributed by atoms with Gasteiger partial charge in [-0.1, -0.05) is 6.07 Å². The molecule has 114 valence electrons. The quantitative estimate of drug-likeness (QED) is 0.513. The van der Waals surface area contributed by atoms with Crippen LogP contribution in [-0.2, 0) is 0 Å². The number of benzene rings is 1. The van der Waals surface area contributed by atoms with Crippen LogP contribution in [0.3, 0.4) is 0 Å². The number of hydrogen-bond acceptors (Lipinski definition) is 5. The number of carbonyl (C=O) groups excluding carboxylic acids is 1. The van der Waals surface area contributed by atoms with Crippen LogP contribution < -0.4 is 5.73 Å². The zero-order valence-corrected chi connectivity index (χ0v) is 12.3. The molecule has 1 atom stereocenters. The number of hydrogen-bond donors (Lipinski definition) is 1. The summed E-state index contributed by atoms with van der Waals surface area (Å²) in [6, 6.07) is 4.65. The molecule has 0 aromatic heterocycles. The van der Waals surface area contributed by atoms with Crippen LogP contribution in [0.15, 0.2) is 18.2 Å². The van der Waals surface area contributed by atoms with Crippen LogP contribution in [0.2, 0.25) is 0 Å². The number of nitro benzene ring substituents is 1. The van der Waals surface area contributed by atoms with Crippen molar-refractivity contribution in [2.24, 2.45) is 0 Å². The molecule has 1 heterocycles. The van der Waals surface area contributed by atoms with Crippen LogP contribution in [0.5, 0.6) is 0 Å². The molecule has 0 spiro atoms. The largest absolute Gasteiger partial charge is 0.393 e. The Morgan fingerprint density at radius 1 is 1.57 bits per heavy atom. The van der Waals surface area contributed by atoms with Gasteiger partial charge in [0.15, 0.2) is 0 Å². The zero-order chi connectivity index (χ0) is 15.6. The van der Waals surface area contributed by atoms with Gasteiger partial charge in [-0.2, -0.15) is 0 Å². The maximum absolute atomic E-state index is 12.4. The fraction of sp³-hybridized carbons (Fsp3) is 0.500. The summed E-state index contributed by atoms with van der Waals surface area (Å²) in [4.78, 5) is 26.6. The average molecular weight is 292 g/mol. The fourth-order valence-electron chi connectivity index (χ4n) is 2.71. The maximum atomic E-state index is 12.4. The lowest BCUT2D eigenvalue weighted by molar-refractivity contribution is -0.383. The van der Waals surface area contributed by atoms with Crippen molar-refractivity contribution in [3.05, 3.63) is 33.9 Å². The van der Waals surface area contributed by atoms with E-state index in [1.807, 2.05) is 7.05 Å². The Balaban J connectivity index is 2.16. The van der Waals surface area contributed by atoms with Crippen molar-refractivity contribution < 1.29 is 9.72 Å². The van der Waals surface area contributed by atoms with Crippen molar-refractivity contribution in [3.63, 3.8) is 0 Å². The molecule has 1 aliphatic heterocycles. The average Bonchev–Trinajstić information content (AvgIpc) is 2.83. The summed E-state index contributed by atoms with van der Waals surface area (Å²) in [5.41, 5.74) is 5.65. The van der Waals surface area contributed by atoms with Gasteiger partial charge in [-0.25, -0.2) is 0 Å². The van der Waals surface area contributed by atoms with Crippen LogP contribution in [0.1, 0.15) is 23.2 Å². The Morgan fingerprint density at radius 2 is 2.29 bits per heavy atom. The molecule has 0 saturated carbocycles. The standard InChI is InChI=1S/C14H20N4O3/c1-16-8-4-5-10(16)9-17(2)14(19)11-6-3-7-12(13(11)15)18(20)21/h3,6-7,10H,4-5,8-9,15H2,1-2H3. The van der Waals surface area contributed by atoms with E-state index in [9.17, 15) is 14.9 Å². The number of nitrogens with zero attached hydrogens (tertiary/aromatic N) is 3. The first-order valence-corrected chi connectivity index (χ1v) is 6.90. The van der Waals surface area contributed by atoms with Crippen LogP contribution in [0.4, 0.5) is 11.4 Å². The van der Waals surface area contributed by atoms with Crippen molar-refractivity contribution in [1.82, 2.24) is 9.80 Å². The van der Waals surface area contributed by atoms with Crippen molar-refractivity contribution in [2.45, 2.75) is 18.9 Å². The number of para-hydroxylation sites is 1. The second-order valence-corrected chi connectivity index (χ2v) is 5.46. The topological polar surface area (TPSA) is 92.7 Å². The molecule has 0 bridgehead atoms. The van der Waals surface area contributed by atoms with Gasteiger partial charge in [-0.3, -0.25) is 14.9 Å². The Labute approximate surface area is 123 Å². The zero-order valence-electron chi connectivity index (χ0n) is 12.3. The second-order valence-electron chi connectivity index (χ2n) is 5.46. The minimum absolute atomic E-state index is 0.0703. The molecule has 1 aromatic carbocycles. The highest BCUT2D eigenvalue weighted by atomic mass is 16.6. The van der Waals surface area contributed by atoms with E-state index < -0.39 is 4.92 Å². The van der Waals surface area contributed by atoms with Crippen molar-refractivity contribution in [3.8, 4) is 0 Å². The van der Waals surface area contributed by atoms with Gasteiger partial charge in [0, 0.05) is 25.7 Å². The minimum Gasteiger partial charge on any atom is -0.393 e. The Kier molecular flexibility index (Phi) is 4.42. The monoisotopic (exact) mass is 292 g/mol. The van der Waals surface area contributed by atoms with Crippen LogP contribution in [0.25, 0.3) is 0 Å². The Bertz CT molecular complexity index is 561. The lowest BCUT2D eigenvalue weighted by atomic mass is 10.1. The van der Waals surface area contributed by atoms with Crippen molar-refractivity contribution in [2.75, 3.05) is 32.9 Å². The summed E-state index contributed by atoms with van der Waals surface area (Å²) < 4.78 is 0. The highest BCUT2D eigenvalue weighted by molar-refractivity contribution is 6.00. The maximum Gasteiger partial charge on any atom is 0.292 e. The molecule has 7 nitrogen and oxygen atoms in total. The van der Waals surface area contributed by atoms with Crippen LogP contribution in [0, 0.1) is 10.1 Å². The molecular formula is C14H20N4O3. The number of carbonyl (C=O) groups is 1. The van der Waals surface area contributed by atoms with E-state index in [0.29, 0.717) is 12.6 Å². The van der Waals surface area contributed by atoms with Gasteiger partial charge < -0.3 is 15.5 Å². The van der Waals surface area contributed by atoms with E-state index in [-0.39, 0.29) is 22.8 Å². The summed E-state index contributed by atoms with van der Waals surface area (Å²) in [7, 11) is 3.74. The van der Waals surface area contributed by atoms with Crippen LogP contribution >= 0.6 is 0 Å². The Hall–Kier alpha value is -2.15. The molecule has 1 aliphatic rings. The number of likely N-dealkylation sites (N-methyl/N-ethyl adjacent to an activating group) is 2. The Morgan fingerprint density at radius 3 is 2.86 bits per heavy atom. The summed E-state index contributed by atoms with van der Waals surface area (Å²) in [5, 5.41) is 10.9. The third-order valence-electron chi connectivity index (χ3n) is 4.01. The molecule has 1 fully saturated rings. The number of anilines is 1. The molecule has 2 N–H and O–H groups in total. The predicted octanol–water partition coefficient (Wildman–Crippen LogP) is 1.34. The van der Waals surface area contributed by atoms with Gasteiger partial charge in [0.2, 0.25) is 0 Å². The van der Waals surface area contributed by atoms with Gasteiger partial charge in [-0.15, -0.1) is 0 Å². The highest BCUT2D eigenvalue weighted by Gasteiger charge is 2.26. The van der Waals surface area contributed by atoms with Gasteiger partial charge >= 0.3 is 0 Å². The fourth-order valence-corrected chi connectivity index (χ4v) is 2.71. The first-order chi connectivity index (χ1) is 9.91. The SMILES string of the molecule is CN(CC1CCCN1C)C(=O)c1cccc([N+](=O)[O-])c1N. The smallest absolute Gasteiger partial charge is 0.292 e. The van der Waals surface area contributed by atoms with Crippen molar-refractivity contribution >= 4 is 17.3 Å². The number of amides is 1. The van der Waals surface area contributed by atoms with E-state index in [2.05, 4.69) is 4.90 Å². The summed E-state index contributed by atoms with van der Waals surface area (Å²) in [6.45, 7) is 1.63. The molecule has 1 saturated heterocycles. The van der Waals surface area contributed by atoms with E-state index in [1.54, 1.807) is 11.9 Å². The third-order valence-corrected chi connectivity index (χ3v) is 4.01. The van der Waals surface area contributed by atoms with Crippen molar-refractivity contribution in [1.29, 1.82) is 0 Å². The predicted molar refractivity (Wildman–Crippen MR) is 80.1 cm³/mol. The third kappa shape index (κ3) is 3.13. The number of nitro groups is 1. The molecular weight excluding hydrogens is 272 g/mol. The summed E-state index contributed by atoms with van der Waals surface area (Å²) >= 11 is 0. The number of nitrogen functional groups attached to an aromatic ring is 1. The molecule has 21 heavy (non-hydrogen) atoms. The molecule has 1 amide bonds.